The van der Waals surface area contributed by atoms with Gasteiger partial charge in [0, 0.05) is 18.3 Å². The number of aliphatic imine (C=N–C) groups is 1. The van der Waals surface area contributed by atoms with Crippen molar-refractivity contribution in [3.8, 4) is 0 Å². The van der Waals surface area contributed by atoms with Crippen LogP contribution in [0.5, 0.6) is 0 Å². The minimum absolute atomic E-state index is 0.0733. The molecule has 1 amide bonds. The summed E-state index contributed by atoms with van der Waals surface area (Å²) in [4.78, 5) is 16.1. The summed E-state index contributed by atoms with van der Waals surface area (Å²) in [6.07, 6.45) is 1.73. The van der Waals surface area contributed by atoms with E-state index in [0.717, 1.165) is 11.3 Å². The smallest absolute Gasteiger partial charge is 0.251 e. The van der Waals surface area contributed by atoms with Gasteiger partial charge in [-0.25, -0.2) is 0 Å². The van der Waals surface area contributed by atoms with Crippen LogP contribution in [-0.4, -0.2) is 12.1 Å². The fraction of sp³-hybridized carbons (Fsp3) is 0.125. The van der Waals surface area contributed by atoms with Crippen LogP contribution < -0.4 is 5.32 Å². The molecule has 2 aromatic carbocycles. The van der Waals surface area contributed by atoms with Crippen molar-refractivity contribution in [3.63, 3.8) is 0 Å². The average molecular weight is 252 g/mol. The summed E-state index contributed by atoms with van der Waals surface area (Å²) < 4.78 is 0. The van der Waals surface area contributed by atoms with Gasteiger partial charge < -0.3 is 5.32 Å². The Morgan fingerprint density at radius 3 is 2.42 bits per heavy atom. The number of nitrogens with one attached hydrogen (secondary N) is 1. The Hall–Kier alpha value is -2.42. The van der Waals surface area contributed by atoms with Gasteiger partial charge in [-0.2, -0.15) is 0 Å². The van der Waals surface area contributed by atoms with Crippen LogP contribution in [0, 0.1) is 0 Å². The second-order valence-corrected chi connectivity index (χ2v) is 4.10. The van der Waals surface area contributed by atoms with Crippen LogP contribution in [0.3, 0.4) is 0 Å². The first-order valence-electron chi connectivity index (χ1n) is 6.20. The molecule has 3 nitrogen and oxygen atoms in total. The molecule has 0 aliphatic rings. The van der Waals surface area contributed by atoms with Crippen LogP contribution in [0.25, 0.3) is 0 Å². The maximum absolute atomic E-state index is 11.9. The molecule has 0 atom stereocenters. The molecule has 0 aliphatic carbocycles. The number of benzene rings is 2. The van der Waals surface area contributed by atoms with Crippen LogP contribution >= 0.6 is 0 Å². The highest BCUT2D eigenvalue weighted by atomic mass is 16.1. The van der Waals surface area contributed by atoms with Gasteiger partial charge in [0.2, 0.25) is 0 Å². The highest BCUT2D eigenvalue weighted by Crippen LogP contribution is 2.12. The first kappa shape index (κ1) is 13.0. The summed E-state index contributed by atoms with van der Waals surface area (Å²) in [7, 11) is 0. The van der Waals surface area contributed by atoms with Gasteiger partial charge in [-0.05, 0) is 36.8 Å². The molecular weight excluding hydrogens is 236 g/mol. The zero-order chi connectivity index (χ0) is 13.5. The van der Waals surface area contributed by atoms with E-state index >= 15 is 0 Å². The lowest BCUT2D eigenvalue weighted by Gasteiger charge is -2.05. The number of hydrogen-bond acceptors (Lipinski definition) is 2. The second-order valence-electron chi connectivity index (χ2n) is 4.10. The van der Waals surface area contributed by atoms with Gasteiger partial charge in [-0.15, -0.1) is 0 Å². The lowest BCUT2D eigenvalue weighted by Crippen LogP contribution is -2.22. The monoisotopic (exact) mass is 252 g/mol. The quantitative estimate of drug-likeness (QED) is 0.833. The van der Waals surface area contributed by atoms with Gasteiger partial charge >= 0.3 is 0 Å². The highest BCUT2D eigenvalue weighted by Gasteiger charge is 2.04. The Labute approximate surface area is 113 Å². The van der Waals surface area contributed by atoms with E-state index in [0.29, 0.717) is 12.1 Å². The van der Waals surface area contributed by atoms with E-state index in [1.807, 2.05) is 49.4 Å². The van der Waals surface area contributed by atoms with Crippen molar-refractivity contribution in [1.29, 1.82) is 0 Å². The van der Waals surface area contributed by atoms with Crippen molar-refractivity contribution < 1.29 is 4.79 Å². The first-order chi connectivity index (χ1) is 9.29. The summed E-state index contributed by atoms with van der Waals surface area (Å²) in [6.45, 7) is 2.40. The molecule has 0 aromatic heterocycles. The molecule has 3 heteroatoms. The Morgan fingerprint density at radius 2 is 1.79 bits per heavy atom. The van der Waals surface area contributed by atoms with Crippen LogP contribution in [0.2, 0.25) is 0 Å². The standard InChI is InChI=1S/C16H16N2O/c1-2-17-15-10-8-14(9-11-15)16(19)18-12-13-6-4-3-5-7-13/h2-11H,12H2,1H3,(H,18,19). The highest BCUT2D eigenvalue weighted by molar-refractivity contribution is 5.94. The van der Waals surface area contributed by atoms with E-state index < -0.39 is 0 Å². The molecule has 2 rings (SSSR count). The fourth-order valence-electron chi connectivity index (χ4n) is 1.73. The van der Waals surface area contributed by atoms with Gasteiger partial charge in [0.15, 0.2) is 0 Å². The summed E-state index contributed by atoms with van der Waals surface area (Å²) in [6, 6.07) is 17.1. The third-order valence-corrected chi connectivity index (χ3v) is 2.70. The third kappa shape index (κ3) is 3.78. The summed E-state index contributed by atoms with van der Waals surface area (Å²) in [5.41, 5.74) is 2.58. The average Bonchev–Trinajstić information content (AvgIpc) is 2.47. The molecule has 0 bridgehead atoms. The maximum atomic E-state index is 11.9. The van der Waals surface area contributed by atoms with Crippen molar-refractivity contribution in [3.05, 3.63) is 65.7 Å². The van der Waals surface area contributed by atoms with Gasteiger partial charge in [-0.3, -0.25) is 9.79 Å². The summed E-state index contributed by atoms with van der Waals surface area (Å²) in [5.74, 6) is -0.0733. The third-order valence-electron chi connectivity index (χ3n) is 2.70. The van der Waals surface area contributed by atoms with Crippen LogP contribution in [0.1, 0.15) is 22.8 Å². The molecule has 0 heterocycles. The predicted octanol–water partition coefficient (Wildman–Crippen LogP) is 3.34. The van der Waals surface area contributed by atoms with Gasteiger partial charge in [0.25, 0.3) is 5.91 Å². The predicted molar refractivity (Wildman–Crippen MR) is 77.9 cm³/mol. The molecule has 96 valence electrons. The molecule has 0 spiro atoms. The summed E-state index contributed by atoms with van der Waals surface area (Å²) >= 11 is 0. The first-order valence-corrected chi connectivity index (χ1v) is 6.20. The Morgan fingerprint density at radius 1 is 1.11 bits per heavy atom. The largest absolute Gasteiger partial charge is 0.348 e. The van der Waals surface area contributed by atoms with Crippen molar-refractivity contribution >= 4 is 17.8 Å². The molecule has 0 fully saturated rings. The maximum Gasteiger partial charge on any atom is 0.251 e. The minimum atomic E-state index is -0.0733. The van der Waals surface area contributed by atoms with Crippen molar-refractivity contribution in [2.75, 3.05) is 0 Å². The topological polar surface area (TPSA) is 41.5 Å². The molecule has 0 saturated carbocycles. The Kier molecular flexibility index (Phi) is 4.45. The van der Waals surface area contributed by atoms with Crippen molar-refractivity contribution in [2.45, 2.75) is 13.5 Å². The van der Waals surface area contributed by atoms with Gasteiger partial charge in [-0.1, -0.05) is 30.3 Å². The van der Waals surface area contributed by atoms with E-state index in [2.05, 4.69) is 10.3 Å². The molecule has 0 aliphatic heterocycles. The molecule has 1 N–H and O–H groups in total. The molecule has 0 radical (unpaired) electrons. The minimum Gasteiger partial charge on any atom is -0.348 e. The lowest BCUT2D eigenvalue weighted by molar-refractivity contribution is 0.0951. The zero-order valence-electron chi connectivity index (χ0n) is 10.8. The van der Waals surface area contributed by atoms with Gasteiger partial charge in [0.1, 0.15) is 0 Å². The molecule has 2 aromatic rings. The van der Waals surface area contributed by atoms with Gasteiger partial charge in [0.05, 0.1) is 5.69 Å². The molecule has 0 unspecified atom stereocenters. The number of carbonyl (C=O) groups is 1. The zero-order valence-corrected chi connectivity index (χ0v) is 10.8. The van der Waals surface area contributed by atoms with E-state index in [4.69, 9.17) is 0 Å². The van der Waals surface area contributed by atoms with E-state index in [-0.39, 0.29) is 5.91 Å². The second kappa shape index (κ2) is 6.50. The molecular formula is C16H16N2O. The normalized spacial score (nSPS) is 10.6. The number of hydrogen-bond donors (Lipinski definition) is 1. The van der Waals surface area contributed by atoms with Crippen LogP contribution in [-0.2, 0) is 6.54 Å². The van der Waals surface area contributed by atoms with Crippen molar-refractivity contribution in [1.82, 2.24) is 5.32 Å². The van der Waals surface area contributed by atoms with E-state index in [1.54, 1.807) is 18.3 Å². The Balaban J connectivity index is 1.96. The fourth-order valence-corrected chi connectivity index (χ4v) is 1.73. The van der Waals surface area contributed by atoms with E-state index in [9.17, 15) is 4.79 Å². The number of amides is 1. The van der Waals surface area contributed by atoms with Crippen LogP contribution in [0.15, 0.2) is 59.6 Å². The SMILES string of the molecule is CC=Nc1ccc(C(=O)NCc2ccccc2)cc1. The lowest BCUT2D eigenvalue weighted by atomic mass is 10.2. The summed E-state index contributed by atoms with van der Waals surface area (Å²) in [5, 5.41) is 2.89. The Bertz CT molecular complexity index is 559. The van der Waals surface area contributed by atoms with E-state index in [1.165, 1.54) is 0 Å². The number of nitrogens with zero attached hydrogens (tertiary/aromatic N) is 1. The van der Waals surface area contributed by atoms with Crippen LogP contribution in [0.4, 0.5) is 5.69 Å². The molecule has 19 heavy (non-hydrogen) atoms. The molecule has 0 saturated heterocycles. The number of rotatable bonds is 4. The number of carbonyl (C=O) groups excluding carboxylic acids is 1. The van der Waals surface area contributed by atoms with Crippen molar-refractivity contribution in [2.24, 2.45) is 4.99 Å².